The number of hydrogen-bond donors (Lipinski definition) is 2. The summed E-state index contributed by atoms with van der Waals surface area (Å²) in [6, 6.07) is 9.32. The summed E-state index contributed by atoms with van der Waals surface area (Å²) in [5, 5.41) is 24.4. The highest BCUT2D eigenvalue weighted by molar-refractivity contribution is 7.98. The summed E-state index contributed by atoms with van der Waals surface area (Å²) in [4.78, 5) is 19.7. The summed E-state index contributed by atoms with van der Waals surface area (Å²) in [6.45, 7) is 3.31. The molecule has 0 bridgehead atoms. The number of amidine groups is 1. The fourth-order valence-corrected chi connectivity index (χ4v) is 5.24. The maximum absolute atomic E-state index is 11.0. The van der Waals surface area contributed by atoms with E-state index in [0.29, 0.717) is 17.9 Å². The van der Waals surface area contributed by atoms with E-state index in [9.17, 15) is 15.2 Å². The standard InChI is InChI=1S/C22H32N4O4S2/c1-16-10-19(32-21(16)13-25(2)3)15-31-9-8-23-22(14-26(28)29)24-12-20(27)17-6-5-7-18(11-17)30-4/h5-7,10-11,20,27H,8-9,12-15H2,1-4H3,(H,23,24). The Morgan fingerprint density at radius 3 is 2.88 bits per heavy atom. The third kappa shape index (κ3) is 9.15. The molecule has 8 nitrogen and oxygen atoms in total. The number of aliphatic imine (C=N–C) groups is 1. The van der Waals surface area contributed by atoms with Gasteiger partial charge in [-0.15, -0.1) is 11.3 Å². The number of aliphatic hydroxyl groups excluding tert-OH is 1. The fraction of sp³-hybridized carbons (Fsp3) is 0.500. The van der Waals surface area contributed by atoms with Gasteiger partial charge >= 0.3 is 0 Å². The summed E-state index contributed by atoms with van der Waals surface area (Å²) in [5.41, 5.74) is 1.98. The van der Waals surface area contributed by atoms with Crippen molar-refractivity contribution in [2.24, 2.45) is 4.99 Å². The van der Waals surface area contributed by atoms with E-state index in [1.807, 2.05) is 11.3 Å². The second-order valence-corrected chi connectivity index (χ2v) is 9.93. The molecule has 1 heterocycles. The molecule has 0 saturated heterocycles. The highest BCUT2D eigenvalue weighted by Gasteiger charge is 2.12. The molecule has 2 rings (SSSR count). The second-order valence-electron chi connectivity index (χ2n) is 7.61. The molecule has 0 aliphatic heterocycles. The Hall–Kier alpha value is -2.14. The molecule has 1 unspecified atom stereocenters. The molecule has 0 spiro atoms. The largest absolute Gasteiger partial charge is 0.497 e. The van der Waals surface area contributed by atoms with E-state index < -0.39 is 17.6 Å². The SMILES string of the molecule is COc1cccc(C(O)CN=C(C[N+](=O)[O-])NCCSCc2cc(C)c(CN(C)C)s2)c1. The van der Waals surface area contributed by atoms with Crippen LogP contribution in [0.5, 0.6) is 5.75 Å². The Balaban J connectivity index is 1.82. The van der Waals surface area contributed by atoms with E-state index in [0.717, 1.165) is 18.1 Å². The van der Waals surface area contributed by atoms with E-state index in [-0.39, 0.29) is 12.4 Å². The Labute approximate surface area is 197 Å². The molecule has 1 aromatic heterocycles. The minimum absolute atomic E-state index is 0.0413. The molecule has 0 radical (unpaired) electrons. The van der Waals surface area contributed by atoms with Crippen LogP contribution in [-0.4, -0.2) is 67.4 Å². The molecule has 32 heavy (non-hydrogen) atoms. The maximum atomic E-state index is 11.0. The predicted octanol–water partition coefficient (Wildman–Crippen LogP) is 3.36. The highest BCUT2D eigenvalue weighted by Crippen LogP contribution is 2.26. The monoisotopic (exact) mass is 480 g/mol. The molecular weight excluding hydrogens is 448 g/mol. The number of aryl methyl sites for hydroxylation is 1. The lowest BCUT2D eigenvalue weighted by molar-refractivity contribution is -0.463. The predicted molar refractivity (Wildman–Crippen MR) is 133 cm³/mol. The molecule has 1 atom stereocenters. The summed E-state index contributed by atoms with van der Waals surface area (Å²) in [7, 11) is 5.70. The summed E-state index contributed by atoms with van der Waals surface area (Å²) < 4.78 is 5.16. The van der Waals surface area contributed by atoms with Gasteiger partial charge in [0.25, 0.3) is 6.54 Å². The number of thioether (sulfide) groups is 1. The Morgan fingerprint density at radius 2 is 2.19 bits per heavy atom. The van der Waals surface area contributed by atoms with Crippen molar-refractivity contribution in [3.8, 4) is 5.75 Å². The molecule has 0 saturated carbocycles. The quantitative estimate of drug-likeness (QED) is 0.149. The zero-order valence-corrected chi connectivity index (χ0v) is 20.7. The second kappa shape index (κ2) is 13.4. The van der Waals surface area contributed by atoms with Crippen molar-refractivity contribution in [2.75, 3.05) is 46.6 Å². The first-order valence-electron chi connectivity index (χ1n) is 10.3. The van der Waals surface area contributed by atoms with Gasteiger partial charge in [0, 0.05) is 39.3 Å². The van der Waals surface area contributed by atoms with Crippen molar-refractivity contribution < 1.29 is 14.8 Å². The van der Waals surface area contributed by atoms with Gasteiger partial charge in [-0.1, -0.05) is 12.1 Å². The van der Waals surface area contributed by atoms with Gasteiger partial charge in [-0.25, -0.2) is 0 Å². The van der Waals surface area contributed by atoms with Gasteiger partial charge in [-0.05, 0) is 50.3 Å². The third-order valence-electron chi connectivity index (χ3n) is 4.56. The number of hydrogen-bond acceptors (Lipinski definition) is 8. The Bertz CT molecular complexity index is 902. The minimum atomic E-state index is -0.860. The summed E-state index contributed by atoms with van der Waals surface area (Å²) in [5.74, 6) is 2.63. The first kappa shape index (κ1) is 26.1. The van der Waals surface area contributed by atoms with Crippen LogP contribution in [0.2, 0.25) is 0 Å². The molecule has 10 heteroatoms. The van der Waals surface area contributed by atoms with E-state index >= 15 is 0 Å². The van der Waals surface area contributed by atoms with Crippen LogP contribution >= 0.6 is 23.1 Å². The average Bonchev–Trinajstić information content (AvgIpc) is 3.09. The van der Waals surface area contributed by atoms with Crippen molar-refractivity contribution in [3.05, 3.63) is 61.3 Å². The number of benzene rings is 1. The molecule has 0 fully saturated rings. The molecule has 176 valence electrons. The normalized spacial score (nSPS) is 12.8. The van der Waals surface area contributed by atoms with Gasteiger partial charge in [-0.2, -0.15) is 11.8 Å². The summed E-state index contributed by atoms with van der Waals surface area (Å²) >= 11 is 3.62. The smallest absolute Gasteiger partial charge is 0.259 e. The Morgan fingerprint density at radius 1 is 1.41 bits per heavy atom. The van der Waals surface area contributed by atoms with E-state index in [1.165, 1.54) is 15.3 Å². The number of rotatable bonds is 13. The fourth-order valence-electron chi connectivity index (χ4n) is 2.98. The van der Waals surface area contributed by atoms with E-state index in [2.05, 4.69) is 42.3 Å². The number of methoxy groups -OCH3 is 1. The average molecular weight is 481 g/mol. The molecule has 2 N–H and O–H groups in total. The Kier molecular flexibility index (Phi) is 10.9. The van der Waals surface area contributed by atoms with Gasteiger partial charge in [0.1, 0.15) is 5.75 Å². The zero-order chi connectivity index (χ0) is 23.5. The van der Waals surface area contributed by atoms with Crippen molar-refractivity contribution in [3.63, 3.8) is 0 Å². The zero-order valence-electron chi connectivity index (χ0n) is 19.0. The van der Waals surface area contributed by atoms with Gasteiger partial charge < -0.3 is 20.1 Å². The topological polar surface area (TPSA) is 100 Å². The number of nitro groups is 1. The van der Waals surface area contributed by atoms with Crippen molar-refractivity contribution in [2.45, 2.75) is 25.3 Å². The van der Waals surface area contributed by atoms with Crippen LogP contribution in [0.4, 0.5) is 0 Å². The van der Waals surface area contributed by atoms with Crippen molar-refractivity contribution in [1.82, 2.24) is 10.2 Å². The molecular formula is C22H32N4O4S2. The van der Waals surface area contributed by atoms with Crippen LogP contribution in [0.3, 0.4) is 0 Å². The van der Waals surface area contributed by atoms with E-state index in [1.54, 1.807) is 43.1 Å². The number of nitrogens with zero attached hydrogens (tertiary/aromatic N) is 3. The first-order valence-corrected chi connectivity index (χ1v) is 12.3. The molecule has 0 aliphatic rings. The number of thiophene rings is 1. The van der Waals surface area contributed by atoms with Gasteiger partial charge in [0.05, 0.1) is 19.8 Å². The van der Waals surface area contributed by atoms with Crippen LogP contribution in [0.1, 0.15) is 27.0 Å². The van der Waals surface area contributed by atoms with E-state index in [4.69, 9.17) is 4.74 Å². The number of nitrogens with one attached hydrogen (secondary N) is 1. The molecule has 0 aliphatic carbocycles. The number of ether oxygens (including phenoxy) is 1. The first-order chi connectivity index (χ1) is 15.3. The minimum Gasteiger partial charge on any atom is -0.497 e. The van der Waals surface area contributed by atoms with Crippen LogP contribution in [0, 0.1) is 17.0 Å². The molecule has 2 aromatic rings. The maximum Gasteiger partial charge on any atom is 0.259 e. The van der Waals surface area contributed by atoms with Crippen LogP contribution < -0.4 is 10.1 Å². The van der Waals surface area contributed by atoms with Crippen LogP contribution in [-0.2, 0) is 12.3 Å². The highest BCUT2D eigenvalue weighted by atomic mass is 32.2. The lowest BCUT2D eigenvalue weighted by atomic mass is 10.1. The van der Waals surface area contributed by atoms with Gasteiger partial charge in [0.15, 0.2) is 5.84 Å². The lowest BCUT2D eigenvalue weighted by Gasteiger charge is -2.11. The van der Waals surface area contributed by atoms with Crippen molar-refractivity contribution >= 4 is 28.9 Å². The van der Waals surface area contributed by atoms with Crippen LogP contribution in [0.25, 0.3) is 0 Å². The third-order valence-corrected chi connectivity index (χ3v) is 6.98. The number of aliphatic hydroxyl groups is 1. The summed E-state index contributed by atoms with van der Waals surface area (Å²) in [6.07, 6.45) is -0.860. The molecule has 0 amide bonds. The van der Waals surface area contributed by atoms with Crippen LogP contribution in [0.15, 0.2) is 35.3 Å². The van der Waals surface area contributed by atoms with Crippen molar-refractivity contribution in [1.29, 1.82) is 0 Å². The molecule has 1 aromatic carbocycles. The van der Waals surface area contributed by atoms with Gasteiger partial charge in [-0.3, -0.25) is 15.1 Å². The van der Waals surface area contributed by atoms with Gasteiger partial charge in [0.2, 0.25) is 0 Å². The lowest BCUT2D eigenvalue weighted by Crippen LogP contribution is -2.32.